The molecule has 0 spiro atoms. The van der Waals surface area contributed by atoms with Crippen LogP contribution < -0.4 is 0 Å². The average molecular weight is 172 g/mol. The van der Waals surface area contributed by atoms with Crippen molar-refractivity contribution in [1.82, 2.24) is 0 Å². The van der Waals surface area contributed by atoms with Crippen molar-refractivity contribution in [3.63, 3.8) is 0 Å². The Morgan fingerprint density at radius 2 is 2.15 bits per heavy atom. The van der Waals surface area contributed by atoms with Crippen molar-refractivity contribution >= 4 is 0 Å². The van der Waals surface area contributed by atoms with Crippen LogP contribution in [0, 0.1) is 11.3 Å². The van der Waals surface area contributed by atoms with E-state index < -0.39 is 0 Å². The first-order valence-electron chi connectivity index (χ1n) is 4.93. The summed E-state index contributed by atoms with van der Waals surface area (Å²) in [5.74, 6) is 0.617. The largest absolute Gasteiger partial charge is 0.121 e. The van der Waals surface area contributed by atoms with Gasteiger partial charge in [-0.15, -0.1) is 5.73 Å². The number of allylic oxidation sites excluding steroid dienone is 5. The van der Waals surface area contributed by atoms with E-state index in [4.69, 9.17) is 0 Å². The maximum Gasteiger partial charge on any atom is 0.0135 e. The zero-order valence-electron chi connectivity index (χ0n) is 8.59. The third-order valence-electron chi connectivity index (χ3n) is 2.73. The molecule has 0 heterocycles. The van der Waals surface area contributed by atoms with Crippen LogP contribution in [0.5, 0.6) is 0 Å². The summed E-state index contributed by atoms with van der Waals surface area (Å²) >= 11 is 0. The van der Waals surface area contributed by atoms with Gasteiger partial charge in [-0.2, -0.15) is 0 Å². The highest BCUT2D eigenvalue weighted by atomic mass is 14.3. The molecule has 0 aromatic carbocycles. The van der Waals surface area contributed by atoms with E-state index in [1.165, 1.54) is 11.1 Å². The van der Waals surface area contributed by atoms with Crippen molar-refractivity contribution in [3.05, 3.63) is 41.2 Å². The van der Waals surface area contributed by atoms with Gasteiger partial charge in [0.1, 0.15) is 0 Å². The van der Waals surface area contributed by atoms with Crippen molar-refractivity contribution in [2.75, 3.05) is 0 Å². The molecule has 0 saturated carbocycles. The molecule has 2 aliphatic rings. The molecule has 0 nitrogen and oxygen atoms in total. The van der Waals surface area contributed by atoms with Crippen LogP contribution in [-0.2, 0) is 0 Å². The second kappa shape index (κ2) is 2.75. The number of hydrogen-bond donors (Lipinski definition) is 0. The van der Waals surface area contributed by atoms with E-state index in [2.05, 4.69) is 50.8 Å². The molecule has 1 unspecified atom stereocenters. The molecule has 0 bridgehead atoms. The summed E-state index contributed by atoms with van der Waals surface area (Å²) in [4.78, 5) is 0. The van der Waals surface area contributed by atoms with Crippen LogP contribution in [0.2, 0.25) is 0 Å². The van der Waals surface area contributed by atoms with Crippen LogP contribution in [0.3, 0.4) is 0 Å². The first kappa shape index (κ1) is 8.59. The van der Waals surface area contributed by atoms with Crippen molar-refractivity contribution < 1.29 is 0 Å². The van der Waals surface area contributed by atoms with Gasteiger partial charge in [-0.25, -0.2) is 0 Å². The molecule has 1 atom stereocenters. The maximum absolute atomic E-state index is 3.32. The molecule has 68 valence electrons. The lowest BCUT2D eigenvalue weighted by Crippen LogP contribution is -2.11. The highest BCUT2D eigenvalue weighted by Gasteiger charge is 2.21. The number of rotatable bonds is 0. The minimum absolute atomic E-state index is 0.263. The van der Waals surface area contributed by atoms with Crippen LogP contribution in [0.15, 0.2) is 41.2 Å². The minimum atomic E-state index is 0.263. The highest BCUT2D eigenvalue weighted by molar-refractivity contribution is 5.43. The zero-order valence-corrected chi connectivity index (χ0v) is 8.59. The lowest BCUT2D eigenvalue weighted by atomic mass is 9.80. The Balaban J connectivity index is 2.34. The molecule has 0 heteroatoms. The number of fused-ring (bicyclic) bond motifs is 1. The van der Waals surface area contributed by atoms with Gasteiger partial charge in [0.15, 0.2) is 0 Å². The van der Waals surface area contributed by atoms with Crippen LogP contribution in [-0.4, -0.2) is 0 Å². The Morgan fingerprint density at radius 3 is 2.85 bits per heavy atom. The maximum atomic E-state index is 3.32. The van der Waals surface area contributed by atoms with E-state index in [9.17, 15) is 0 Å². The first-order valence-corrected chi connectivity index (χ1v) is 4.93. The van der Waals surface area contributed by atoms with Crippen LogP contribution in [0.25, 0.3) is 0 Å². The topological polar surface area (TPSA) is 0 Å². The van der Waals surface area contributed by atoms with E-state index in [1.54, 1.807) is 0 Å². The van der Waals surface area contributed by atoms with Crippen molar-refractivity contribution in [1.29, 1.82) is 0 Å². The molecule has 0 aromatic heterocycles. The van der Waals surface area contributed by atoms with Gasteiger partial charge in [0.25, 0.3) is 0 Å². The molecule has 2 rings (SSSR count). The second-order valence-electron chi connectivity index (χ2n) is 4.85. The number of hydrogen-bond acceptors (Lipinski definition) is 0. The van der Waals surface area contributed by atoms with E-state index in [-0.39, 0.29) is 5.41 Å². The lowest BCUT2D eigenvalue weighted by Gasteiger charge is -2.24. The minimum Gasteiger partial charge on any atom is -0.121 e. The van der Waals surface area contributed by atoms with E-state index >= 15 is 0 Å². The normalized spacial score (nSPS) is 25.6. The molecule has 0 saturated heterocycles. The van der Waals surface area contributed by atoms with Crippen LogP contribution in [0.1, 0.15) is 27.2 Å². The molecule has 0 amide bonds. The Bertz CT molecular complexity index is 339. The van der Waals surface area contributed by atoms with Crippen molar-refractivity contribution in [3.8, 4) is 0 Å². The third-order valence-corrected chi connectivity index (χ3v) is 2.73. The van der Waals surface area contributed by atoms with E-state index in [1.807, 2.05) is 0 Å². The Labute approximate surface area is 80.3 Å². The summed E-state index contributed by atoms with van der Waals surface area (Å²) in [7, 11) is 0. The zero-order chi connectivity index (χ0) is 9.47. The van der Waals surface area contributed by atoms with Crippen molar-refractivity contribution in [2.24, 2.45) is 11.3 Å². The molecule has 0 aromatic rings. The molecule has 13 heavy (non-hydrogen) atoms. The molecule has 2 aliphatic carbocycles. The van der Waals surface area contributed by atoms with Gasteiger partial charge in [-0.05, 0) is 29.6 Å². The van der Waals surface area contributed by atoms with Gasteiger partial charge in [0.2, 0.25) is 0 Å². The highest BCUT2D eigenvalue weighted by Crippen LogP contribution is 2.35. The average Bonchev–Trinajstić information content (AvgIpc) is 2.47. The molecule has 0 radical (unpaired) electrons. The quantitative estimate of drug-likeness (QED) is 0.489. The standard InChI is InChI=1S/C13H16/c1-13(2,3)12-8-7-10-5-4-6-11(10)9-12/h4,7-10H,5H2,1-3H3. The summed E-state index contributed by atoms with van der Waals surface area (Å²) < 4.78 is 0. The summed E-state index contributed by atoms with van der Waals surface area (Å²) in [6.45, 7) is 6.76. The van der Waals surface area contributed by atoms with Gasteiger partial charge in [-0.1, -0.05) is 32.9 Å². The summed E-state index contributed by atoms with van der Waals surface area (Å²) in [5.41, 5.74) is 6.37. The predicted octanol–water partition coefficient (Wildman–Crippen LogP) is 3.63. The summed E-state index contributed by atoms with van der Waals surface area (Å²) in [6, 6.07) is 0. The van der Waals surface area contributed by atoms with Gasteiger partial charge >= 0.3 is 0 Å². The van der Waals surface area contributed by atoms with Gasteiger partial charge in [0.05, 0.1) is 0 Å². The Morgan fingerprint density at radius 1 is 1.38 bits per heavy atom. The summed E-state index contributed by atoms with van der Waals surface area (Å²) in [5, 5.41) is 0. The fourth-order valence-corrected chi connectivity index (χ4v) is 1.77. The van der Waals surface area contributed by atoms with Crippen LogP contribution >= 0.6 is 0 Å². The Hall–Kier alpha value is -1.00. The van der Waals surface area contributed by atoms with Gasteiger partial charge in [-0.3, -0.25) is 0 Å². The Kier molecular flexibility index (Phi) is 1.82. The SMILES string of the molecule is CC(C)(C)C1=CC2=C=CCC2C=C1. The molecular weight excluding hydrogens is 156 g/mol. The lowest BCUT2D eigenvalue weighted by molar-refractivity contribution is 0.513. The molecule has 0 fully saturated rings. The molecule has 0 aliphatic heterocycles. The predicted molar refractivity (Wildman–Crippen MR) is 56.4 cm³/mol. The van der Waals surface area contributed by atoms with Gasteiger partial charge < -0.3 is 0 Å². The smallest absolute Gasteiger partial charge is 0.0135 e. The summed E-state index contributed by atoms with van der Waals surface area (Å²) in [6.07, 6.45) is 10.2. The second-order valence-corrected chi connectivity index (χ2v) is 4.85. The molecule has 0 N–H and O–H groups in total. The third kappa shape index (κ3) is 1.55. The van der Waals surface area contributed by atoms with Crippen molar-refractivity contribution in [2.45, 2.75) is 27.2 Å². The molecular formula is C13H16. The fraction of sp³-hybridized carbons (Fsp3) is 0.462. The first-order chi connectivity index (χ1) is 6.07. The van der Waals surface area contributed by atoms with E-state index in [0.717, 1.165) is 6.42 Å². The van der Waals surface area contributed by atoms with Crippen LogP contribution in [0.4, 0.5) is 0 Å². The van der Waals surface area contributed by atoms with Gasteiger partial charge in [0, 0.05) is 11.5 Å². The monoisotopic (exact) mass is 172 g/mol. The van der Waals surface area contributed by atoms with E-state index in [0.29, 0.717) is 5.92 Å². The fourth-order valence-electron chi connectivity index (χ4n) is 1.77.